The zero-order chi connectivity index (χ0) is 23.1. The van der Waals surface area contributed by atoms with Crippen molar-refractivity contribution in [1.82, 2.24) is 5.43 Å². The molecule has 1 N–H and O–H groups in total. The first-order valence-corrected chi connectivity index (χ1v) is 11.5. The van der Waals surface area contributed by atoms with Crippen LogP contribution in [-0.2, 0) is 14.8 Å². The summed E-state index contributed by atoms with van der Waals surface area (Å²) in [5, 5.41) is 4.32. The van der Waals surface area contributed by atoms with Gasteiger partial charge in [-0.15, -0.1) is 0 Å². The number of ether oxygens (including phenoxy) is 1. The maximum absolute atomic E-state index is 13.2. The van der Waals surface area contributed by atoms with E-state index in [1.807, 2.05) is 0 Å². The summed E-state index contributed by atoms with van der Waals surface area (Å²) in [7, 11) is -2.50. The number of carbonyl (C=O) groups is 1. The molecule has 0 atom stereocenters. The lowest BCUT2D eigenvalue weighted by atomic mass is 10.2. The molecule has 0 aliphatic heterocycles. The number of halogens is 2. The maximum Gasteiger partial charge on any atom is 0.264 e. The second-order valence-corrected chi connectivity index (χ2v) is 9.17. The average molecular weight is 492 g/mol. The van der Waals surface area contributed by atoms with Gasteiger partial charge in [-0.25, -0.2) is 13.8 Å². The number of benzene rings is 3. The number of sulfonamides is 1. The normalized spacial score (nSPS) is 11.3. The Morgan fingerprint density at radius 3 is 2.34 bits per heavy atom. The topological polar surface area (TPSA) is 88.1 Å². The second kappa shape index (κ2) is 10.5. The number of methoxy groups -OCH3 is 1. The van der Waals surface area contributed by atoms with Crippen molar-refractivity contribution in [2.45, 2.75) is 4.90 Å². The monoisotopic (exact) mass is 491 g/mol. The minimum absolute atomic E-state index is 0.0283. The molecule has 0 saturated carbocycles. The largest absolute Gasteiger partial charge is 0.497 e. The van der Waals surface area contributed by atoms with E-state index >= 15 is 0 Å². The smallest absolute Gasteiger partial charge is 0.264 e. The van der Waals surface area contributed by atoms with Crippen molar-refractivity contribution in [2.24, 2.45) is 5.10 Å². The van der Waals surface area contributed by atoms with Gasteiger partial charge in [0.25, 0.3) is 15.9 Å². The molecule has 0 heterocycles. The van der Waals surface area contributed by atoms with Crippen LogP contribution in [0.3, 0.4) is 0 Å². The minimum Gasteiger partial charge on any atom is -0.497 e. The van der Waals surface area contributed by atoms with Gasteiger partial charge < -0.3 is 4.74 Å². The quantitative estimate of drug-likeness (QED) is 0.374. The number of rotatable bonds is 8. The van der Waals surface area contributed by atoms with Crippen LogP contribution >= 0.6 is 23.2 Å². The standard InChI is InChI=1S/C22H19Cl2N3O4S/c1-31-18-10-7-16(8-11-18)14-25-26-22(28)15-27(17-9-12-20(23)21(24)13-17)32(29,30)19-5-3-2-4-6-19/h2-14H,15H2,1H3,(H,26,28)/b25-14+. The number of hydrogen-bond acceptors (Lipinski definition) is 5. The molecule has 0 bridgehead atoms. The highest BCUT2D eigenvalue weighted by Crippen LogP contribution is 2.30. The highest BCUT2D eigenvalue weighted by molar-refractivity contribution is 7.92. The van der Waals surface area contributed by atoms with E-state index in [0.29, 0.717) is 5.75 Å². The van der Waals surface area contributed by atoms with E-state index < -0.39 is 22.5 Å². The molecule has 0 spiro atoms. The lowest BCUT2D eigenvalue weighted by Gasteiger charge is -2.24. The van der Waals surface area contributed by atoms with Crippen molar-refractivity contribution in [2.75, 3.05) is 18.0 Å². The second-order valence-electron chi connectivity index (χ2n) is 6.49. The summed E-state index contributed by atoms with van der Waals surface area (Å²) in [5.41, 5.74) is 3.26. The van der Waals surface area contributed by atoms with Crippen LogP contribution < -0.4 is 14.5 Å². The van der Waals surface area contributed by atoms with Crippen LogP contribution in [0, 0.1) is 0 Å². The Labute approximate surface area is 196 Å². The number of nitrogens with zero attached hydrogens (tertiary/aromatic N) is 2. The zero-order valence-electron chi connectivity index (χ0n) is 16.9. The predicted molar refractivity (Wildman–Crippen MR) is 126 cm³/mol. The molecule has 0 saturated heterocycles. The van der Waals surface area contributed by atoms with Gasteiger partial charge in [-0.05, 0) is 60.2 Å². The van der Waals surface area contributed by atoms with Gasteiger partial charge in [-0.2, -0.15) is 5.10 Å². The van der Waals surface area contributed by atoms with Gasteiger partial charge >= 0.3 is 0 Å². The third-order valence-corrected chi connectivity index (χ3v) is 6.86. The Bertz CT molecular complexity index is 1220. The van der Waals surface area contributed by atoms with Gasteiger partial charge in [0.1, 0.15) is 12.3 Å². The Morgan fingerprint density at radius 2 is 1.72 bits per heavy atom. The van der Waals surface area contributed by atoms with Crippen LogP contribution in [0.2, 0.25) is 10.0 Å². The average Bonchev–Trinajstić information content (AvgIpc) is 2.80. The SMILES string of the molecule is COc1ccc(/C=N/NC(=O)CN(c2ccc(Cl)c(Cl)c2)S(=O)(=O)c2ccccc2)cc1. The van der Waals surface area contributed by atoms with E-state index in [0.717, 1.165) is 9.87 Å². The van der Waals surface area contributed by atoms with Crippen molar-refractivity contribution in [3.63, 3.8) is 0 Å². The Hall–Kier alpha value is -3.07. The molecule has 0 aliphatic carbocycles. The van der Waals surface area contributed by atoms with Crippen LogP contribution in [0.5, 0.6) is 5.75 Å². The highest BCUT2D eigenvalue weighted by atomic mass is 35.5. The highest BCUT2D eigenvalue weighted by Gasteiger charge is 2.27. The van der Waals surface area contributed by atoms with E-state index in [4.69, 9.17) is 27.9 Å². The van der Waals surface area contributed by atoms with Gasteiger partial charge in [-0.1, -0.05) is 41.4 Å². The van der Waals surface area contributed by atoms with E-state index in [-0.39, 0.29) is 20.6 Å². The first-order valence-electron chi connectivity index (χ1n) is 9.30. The predicted octanol–water partition coefficient (Wildman–Crippen LogP) is 4.35. The molecule has 3 aromatic rings. The van der Waals surface area contributed by atoms with E-state index in [9.17, 15) is 13.2 Å². The molecule has 0 aliphatic rings. The molecule has 0 aromatic heterocycles. The molecule has 1 amide bonds. The molecule has 3 rings (SSSR count). The number of nitrogens with one attached hydrogen (secondary N) is 1. The fraction of sp³-hybridized carbons (Fsp3) is 0.0909. The van der Waals surface area contributed by atoms with Crippen LogP contribution in [0.25, 0.3) is 0 Å². The summed E-state index contributed by atoms with van der Waals surface area (Å²) < 4.78 is 32.5. The van der Waals surface area contributed by atoms with Gasteiger partial charge in [-0.3, -0.25) is 9.10 Å². The molecular formula is C22H19Cl2N3O4S. The number of hydrogen-bond donors (Lipinski definition) is 1. The molecule has 0 fully saturated rings. The molecular weight excluding hydrogens is 473 g/mol. The van der Waals surface area contributed by atoms with Crippen molar-refractivity contribution < 1.29 is 17.9 Å². The summed E-state index contributed by atoms with van der Waals surface area (Å²) >= 11 is 12.0. The van der Waals surface area contributed by atoms with Crippen molar-refractivity contribution >= 4 is 51.0 Å². The summed E-state index contributed by atoms with van der Waals surface area (Å²) in [4.78, 5) is 12.6. The van der Waals surface area contributed by atoms with E-state index in [2.05, 4.69) is 10.5 Å². The third kappa shape index (κ3) is 5.79. The van der Waals surface area contributed by atoms with Gasteiger partial charge in [0.2, 0.25) is 0 Å². The zero-order valence-corrected chi connectivity index (χ0v) is 19.2. The molecule has 7 nitrogen and oxygen atoms in total. The summed E-state index contributed by atoms with van der Waals surface area (Å²) in [5.74, 6) is 0.0508. The van der Waals surface area contributed by atoms with Crippen molar-refractivity contribution in [1.29, 1.82) is 0 Å². The summed E-state index contributed by atoms with van der Waals surface area (Å²) in [6, 6.07) is 19.1. The fourth-order valence-corrected chi connectivity index (χ4v) is 4.44. The Morgan fingerprint density at radius 1 is 1.03 bits per heavy atom. The van der Waals surface area contributed by atoms with Crippen molar-refractivity contribution in [3.05, 3.63) is 88.4 Å². The Kier molecular flexibility index (Phi) is 7.74. The third-order valence-electron chi connectivity index (χ3n) is 4.33. The van der Waals surface area contributed by atoms with Crippen LogP contribution in [-0.4, -0.2) is 34.2 Å². The Balaban J connectivity index is 1.82. The van der Waals surface area contributed by atoms with Gasteiger partial charge in [0.05, 0.1) is 34.0 Å². The lowest BCUT2D eigenvalue weighted by molar-refractivity contribution is -0.119. The van der Waals surface area contributed by atoms with E-state index in [1.165, 1.54) is 36.5 Å². The molecule has 166 valence electrons. The van der Waals surface area contributed by atoms with Crippen LogP contribution in [0.4, 0.5) is 5.69 Å². The van der Waals surface area contributed by atoms with E-state index in [1.54, 1.807) is 49.6 Å². The van der Waals surface area contributed by atoms with Gasteiger partial charge in [0.15, 0.2) is 0 Å². The number of amides is 1. The number of carbonyl (C=O) groups excluding carboxylic acids is 1. The lowest BCUT2D eigenvalue weighted by Crippen LogP contribution is -2.39. The van der Waals surface area contributed by atoms with Crippen LogP contribution in [0.15, 0.2) is 82.8 Å². The first kappa shape index (κ1) is 23.6. The molecule has 3 aromatic carbocycles. The van der Waals surface area contributed by atoms with Gasteiger partial charge in [0, 0.05) is 0 Å². The first-order chi connectivity index (χ1) is 15.3. The molecule has 32 heavy (non-hydrogen) atoms. The number of anilines is 1. The van der Waals surface area contributed by atoms with Crippen molar-refractivity contribution in [3.8, 4) is 5.75 Å². The molecule has 0 radical (unpaired) electrons. The number of hydrazone groups is 1. The maximum atomic E-state index is 13.2. The van der Waals surface area contributed by atoms with Crippen LogP contribution in [0.1, 0.15) is 5.56 Å². The summed E-state index contributed by atoms with van der Waals surface area (Å²) in [6.07, 6.45) is 1.44. The molecule has 10 heteroatoms. The molecule has 0 unspecified atom stereocenters. The summed E-state index contributed by atoms with van der Waals surface area (Å²) in [6.45, 7) is -0.519. The fourth-order valence-electron chi connectivity index (χ4n) is 2.71. The minimum atomic E-state index is -4.06.